The molecular formula is C12H15NO4. The van der Waals surface area contributed by atoms with Crippen LogP contribution in [0.2, 0.25) is 0 Å². The highest BCUT2D eigenvalue weighted by Crippen LogP contribution is 2.47. The second kappa shape index (κ2) is 4.61. The molecule has 5 nitrogen and oxygen atoms in total. The van der Waals surface area contributed by atoms with Crippen molar-refractivity contribution in [3.8, 4) is 0 Å². The lowest BCUT2D eigenvalue weighted by Crippen LogP contribution is -2.40. The molecule has 1 aliphatic rings. The third-order valence-electron chi connectivity index (χ3n) is 2.95. The maximum absolute atomic E-state index is 11.8. The summed E-state index contributed by atoms with van der Waals surface area (Å²) in [6.07, 6.45) is 2.37. The summed E-state index contributed by atoms with van der Waals surface area (Å²) < 4.78 is 9.78. The van der Waals surface area contributed by atoms with Gasteiger partial charge in [0.2, 0.25) is 5.91 Å². The third-order valence-corrected chi connectivity index (χ3v) is 2.95. The molecule has 5 heteroatoms. The van der Waals surface area contributed by atoms with Gasteiger partial charge in [0.05, 0.1) is 13.4 Å². The number of amides is 1. The fourth-order valence-electron chi connectivity index (χ4n) is 1.86. The SMILES string of the molecule is COC(=O)[C@@H](C)NC(=O)[C@@H]1C[C@@H]1c1ccco1. The second-order valence-electron chi connectivity index (χ2n) is 4.22. The molecule has 1 aliphatic carbocycles. The van der Waals surface area contributed by atoms with Crippen LogP contribution in [0.1, 0.15) is 25.0 Å². The Kier molecular flexibility index (Phi) is 3.17. The Hall–Kier alpha value is -1.78. The highest BCUT2D eigenvalue weighted by molar-refractivity contribution is 5.87. The van der Waals surface area contributed by atoms with Gasteiger partial charge in [-0.25, -0.2) is 4.79 Å². The number of hydrogen-bond acceptors (Lipinski definition) is 4. The maximum Gasteiger partial charge on any atom is 0.328 e. The normalized spacial score (nSPS) is 23.9. The van der Waals surface area contributed by atoms with Crippen LogP contribution in [0.5, 0.6) is 0 Å². The van der Waals surface area contributed by atoms with Gasteiger partial charge >= 0.3 is 5.97 Å². The van der Waals surface area contributed by atoms with Crippen LogP contribution in [0, 0.1) is 5.92 Å². The zero-order valence-corrected chi connectivity index (χ0v) is 9.80. The van der Waals surface area contributed by atoms with Crippen molar-refractivity contribution < 1.29 is 18.7 Å². The number of furan rings is 1. The van der Waals surface area contributed by atoms with Gasteiger partial charge in [-0.2, -0.15) is 0 Å². The highest BCUT2D eigenvalue weighted by atomic mass is 16.5. The number of nitrogens with one attached hydrogen (secondary N) is 1. The van der Waals surface area contributed by atoms with Crippen LogP contribution >= 0.6 is 0 Å². The summed E-state index contributed by atoms with van der Waals surface area (Å²) in [4.78, 5) is 22.9. The molecule has 3 atom stereocenters. The first kappa shape index (κ1) is 11.7. The van der Waals surface area contributed by atoms with Crippen molar-refractivity contribution in [3.63, 3.8) is 0 Å². The summed E-state index contributed by atoms with van der Waals surface area (Å²) in [5.74, 6) is 0.330. The second-order valence-corrected chi connectivity index (χ2v) is 4.22. The number of ether oxygens (including phenoxy) is 1. The van der Waals surface area contributed by atoms with E-state index in [0.29, 0.717) is 0 Å². The van der Waals surface area contributed by atoms with Crippen LogP contribution in [-0.4, -0.2) is 25.0 Å². The average Bonchev–Trinajstić information content (AvgIpc) is 2.95. The van der Waals surface area contributed by atoms with E-state index in [1.165, 1.54) is 7.11 Å². The van der Waals surface area contributed by atoms with Gasteiger partial charge in [0.15, 0.2) is 0 Å². The van der Waals surface area contributed by atoms with E-state index < -0.39 is 12.0 Å². The Balaban J connectivity index is 1.85. The van der Waals surface area contributed by atoms with Crippen molar-refractivity contribution in [2.24, 2.45) is 5.92 Å². The predicted octanol–water partition coefficient (Wildman–Crippen LogP) is 1.06. The van der Waals surface area contributed by atoms with E-state index in [-0.39, 0.29) is 17.7 Å². The van der Waals surface area contributed by atoms with Crippen LogP contribution < -0.4 is 5.32 Å². The molecule has 1 heterocycles. The van der Waals surface area contributed by atoms with Crippen LogP contribution in [-0.2, 0) is 14.3 Å². The predicted molar refractivity (Wildman–Crippen MR) is 59.2 cm³/mol. The molecule has 17 heavy (non-hydrogen) atoms. The Morgan fingerprint density at radius 3 is 2.94 bits per heavy atom. The van der Waals surface area contributed by atoms with Crippen molar-refractivity contribution >= 4 is 11.9 Å². The van der Waals surface area contributed by atoms with Gasteiger partial charge in [-0.05, 0) is 25.5 Å². The fourth-order valence-corrected chi connectivity index (χ4v) is 1.86. The molecule has 0 unspecified atom stereocenters. The molecule has 0 aliphatic heterocycles. The molecule has 1 fully saturated rings. The lowest BCUT2D eigenvalue weighted by Gasteiger charge is -2.10. The minimum absolute atomic E-state index is 0.0896. The van der Waals surface area contributed by atoms with E-state index in [4.69, 9.17) is 4.42 Å². The highest BCUT2D eigenvalue weighted by Gasteiger charge is 2.46. The number of esters is 1. The van der Waals surface area contributed by atoms with E-state index >= 15 is 0 Å². The number of carbonyl (C=O) groups excluding carboxylic acids is 2. The minimum atomic E-state index is -0.606. The van der Waals surface area contributed by atoms with Crippen molar-refractivity contribution in [2.75, 3.05) is 7.11 Å². The summed E-state index contributed by atoms with van der Waals surface area (Å²) in [5.41, 5.74) is 0. The third kappa shape index (κ3) is 2.49. The van der Waals surface area contributed by atoms with Gasteiger partial charge in [0.1, 0.15) is 11.8 Å². The van der Waals surface area contributed by atoms with E-state index in [0.717, 1.165) is 12.2 Å². The Morgan fingerprint density at radius 2 is 2.35 bits per heavy atom. The molecule has 1 N–H and O–H groups in total. The monoisotopic (exact) mass is 237 g/mol. The molecule has 1 amide bonds. The van der Waals surface area contributed by atoms with Crippen molar-refractivity contribution in [3.05, 3.63) is 24.2 Å². The van der Waals surface area contributed by atoms with Crippen molar-refractivity contribution in [2.45, 2.75) is 25.3 Å². The number of hydrogen-bond donors (Lipinski definition) is 1. The zero-order chi connectivity index (χ0) is 12.4. The van der Waals surface area contributed by atoms with E-state index in [2.05, 4.69) is 10.1 Å². The molecule has 1 aromatic rings. The molecular weight excluding hydrogens is 222 g/mol. The fraction of sp³-hybridized carbons (Fsp3) is 0.500. The van der Waals surface area contributed by atoms with Gasteiger partial charge in [0.25, 0.3) is 0 Å². The molecule has 0 bridgehead atoms. The largest absolute Gasteiger partial charge is 0.469 e. The number of carbonyl (C=O) groups is 2. The summed E-state index contributed by atoms with van der Waals surface area (Å²) in [6.45, 7) is 1.61. The van der Waals surface area contributed by atoms with E-state index in [9.17, 15) is 9.59 Å². The smallest absolute Gasteiger partial charge is 0.328 e. The number of rotatable bonds is 4. The quantitative estimate of drug-likeness (QED) is 0.795. The first-order valence-electron chi connectivity index (χ1n) is 5.55. The van der Waals surface area contributed by atoms with Gasteiger partial charge < -0.3 is 14.5 Å². The Bertz CT molecular complexity index is 412. The van der Waals surface area contributed by atoms with Crippen LogP contribution in [0.3, 0.4) is 0 Å². The van der Waals surface area contributed by atoms with Crippen molar-refractivity contribution in [1.82, 2.24) is 5.32 Å². The molecule has 1 saturated carbocycles. The summed E-state index contributed by atoms with van der Waals surface area (Å²) in [5, 5.41) is 2.63. The van der Waals surface area contributed by atoms with E-state index in [1.54, 1.807) is 19.3 Å². The first-order chi connectivity index (χ1) is 8.13. The molecule has 0 spiro atoms. The molecule has 0 saturated heterocycles. The van der Waals surface area contributed by atoms with Crippen LogP contribution in [0.4, 0.5) is 0 Å². The van der Waals surface area contributed by atoms with Crippen LogP contribution in [0.15, 0.2) is 22.8 Å². The van der Waals surface area contributed by atoms with Gasteiger partial charge in [0, 0.05) is 11.8 Å². The van der Waals surface area contributed by atoms with Crippen LogP contribution in [0.25, 0.3) is 0 Å². The minimum Gasteiger partial charge on any atom is -0.469 e. The summed E-state index contributed by atoms with van der Waals surface area (Å²) in [6, 6.07) is 3.06. The zero-order valence-electron chi connectivity index (χ0n) is 9.80. The lowest BCUT2D eigenvalue weighted by molar-refractivity contribution is -0.144. The summed E-state index contributed by atoms with van der Waals surface area (Å²) in [7, 11) is 1.30. The summed E-state index contributed by atoms with van der Waals surface area (Å²) >= 11 is 0. The topological polar surface area (TPSA) is 68.5 Å². The van der Waals surface area contributed by atoms with Crippen molar-refractivity contribution in [1.29, 1.82) is 0 Å². The Labute approximate surface area is 99.1 Å². The standard InChI is InChI=1S/C12H15NO4/c1-7(12(15)16-2)13-11(14)9-6-8(9)10-4-3-5-17-10/h3-5,7-9H,6H2,1-2H3,(H,13,14)/t7-,8+,9-/m1/s1. The number of methoxy groups -OCH3 is 1. The molecule has 92 valence electrons. The Morgan fingerprint density at radius 1 is 1.59 bits per heavy atom. The van der Waals surface area contributed by atoms with Gasteiger partial charge in [-0.1, -0.05) is 0 Å². The molecule has 0 aromatic carbocycles. The first-order valence-corrected chi connectivity index (χ1v) is 5.55. The van der Waals surface area contributed by atoms with E-state index in [1.807, 2.05) is 6.07 Å². The van der Waals surface area contributed by atoms with Gasteiger partial charge in [-0.3, -0.25) is 4.79 Å². The van der Waals surface area contributed by atoms with Gasteiger partial charge in [-0.15, -0.1) is 0 Å². The average molecular weight is 237 g/mol. The molecule has 1 aromatic heterocycles. The molecule has 2 rings (SSSR count). The maximum atomic E-state index is 11.8. The molecule has 0 radical (unpaired) electrons. The lowest BCUT2D eigenvalue weighted by atomic mass is 10.2.